The lowest BCUT2D eigenvalue weighted by atomic mass is 10.1. The van der Waals surface area contributed by atoms with Crippen molar-refractivity contribution in [1.82, 2.24) is 10.3 Å². The van der Waals surface area contributed by atoms with Gasteiger partial charge in [-0.25, -0.2) is 0 Å². The van der Waals surface area contributed by atoms with E-state index in [0.29, 0.717) is 0 Å². The summed E-state index contributed by atoms with van der Waals surface area (Å²) in [6.07, 6.45) is 1.79. The van der Waals surface area contributed by atoms with Crippen molar-refractivity contribution in [2.45, 2.75) is 13.0 Å². The van der Waals surface area contributed by atoms with Crippen molar-refractivity contribution in [2.75, 3.05) is 7.05 Å². The van der Waals surface area contributed by atoms with Crippen LogP contribution in [0.5, 0.6) is 11.5 Å². The van der Waals surface area contributed by atoms with E-state index in [0.717, 1.165) is 28.0 Å². The Labute approximate surface area is 124 Å². The molecular weight excluding hydrogens is 260 g/mol. The molecule has 0 aliphatic rings. The Hall–Kier alpha value is -2.39. The summed E-state index contributed by atoms with van der Waals surface area (Å²) in [7, 11) is 1.95. The number of ether oxygens (including phenoxy) is 1. The molecule has 0 radical (unpaired) electrons. The Morgan fingerprint density at radius 2 is 1.71 bits per heavy atom. The molecule has 0 amide bonds. The third kappa shape index (κ3) is 2.73. The zero-order valence-corrected chi connectivity index (χ0v) is 12.2. The van der Waals surface area contributed by atoms with Crippen LogP contribution >= 0.6 is 0 Å². The lowest BCUT2D eigenvalue weighted by molar-refractivity contribution is 0.470. The predicted octanol–water partition coefficient (Wildman–Crippen LogP) is 4.31. The summed E-state index contributed by atoms with van der Waals surface area (Å²) in [6, 6.07) is 18.3. The van der Waals surface area contributed by atoms with Crippen LogP contribution in [0.25, 0.3) is 10.9 Å². The van der Waals surface area contributed by atoms with E-state index in [1.165, 1.54) is 0 Å². The molecule has 1 unspecified atom stereocenters. The third-order valence-electron chi connectivity index (χ3n) is 3.63. The molecule has 3 rings (SSSR count). The van der Waals surface area contributed by atoms with Crippen LogP contribution in [0.3, 0.4) is 0 Å². The second-order valence-electron chi connectivity index (χ2n) is 4.98. The highest BCUT2D eigenvalue weighted by molar-refractivity contribution is 5.84. The van der Waals surface area contributed by atoms with Crippen LogP contribution in [0.2, 0.25) is 0 Å². The molecule has 2 aromatic carbocycles. The molecule has 0 aliphatic heterocycles. The van der Waals surface area contributed by atoms with E-state index in [2.05, 4.69) is 23.3 Å². The molecule has 0 fully saturated rings. The van der Waals surface area contributed by atoms with E-state index >= 15 is 0 Å². The van der Waals surface area contributed by atoms with E-state index in [1.54, 1.807) is 6.20 Å². The minimum atomic E-state index is 0.226. The fraction of sp³-hybridized carbons (Fsp3) is 0.167. The monoisotopic (exact) mass is 278 g/mol. The highest BCUT2D eigenvalue weighted by atomic mass is 16.5. The van der Waals surface area contributed by atoms with E-state index in [-0.39, 0.29) is 6.04 Å². The first-order valence-corrected chi connectivity index (χ1v) is 7.07. The highest BCUT2D eigenvalue weighted by Crippen LogP contribution is 2.32. The number of hydrogen-bond donors (Lipinski definition) is 1. The van der Waals surface area contributed by atoms with E-state index < -0.39 is 0 Å². The summed E-state index contributed by atoms with van der Waals surface area (Å²) in [5.74, 6) is 1.64. The van der Waals surface area contributed by atoms with Gasteiger partial charge >= 0.3 is 0 Å². The van der Waals surface area contributed by atoms with Crippen LogP contribution in [0.15, 0.2) is 60.8 Å². The number of nitrogens with zero attached hydrogens (tertiary/aromatic N) is 1. The fourth-order valence-electron chi connectivity index (χ4n) is 2.36. The maximum absolute atomic E-state index is 6.14. The van der Waals surface area contributed by atoms with Gasteiger partial charge in [0.1, 0.15) is 11.3 Å². The first kappa shape index (κ1) is 13.6. The molecule has 0 saturated heterocycles. The summed E-state index contributed by atoms with van der Waals surface area (Å²) in [6.45, 7) is 2.11. The number of aromatic nitrogens is 1. The molecule has 1 atom stereocenters. The van der Waals surface area contributed by atoms with Crippen LogP contribution in [0.4, 0.5) is 0 Å². The predicted molar refractivity (Wildman–Crippen MR) is 85.7 cm³/mol. The molecular formula is C18H18N2O. The van der Waals surface area contributed by atoms with Gasteiger partial charge in [-0.15, -0.1) is 0 Å². The second-order valence-corrected chi connectivity index (χ2v) is 4.98. The van der Waals surface area contributed by atoms with Crippen molar-refractivity contribution in [3.05, 3.63) is 66.4 Å². The number of benzene rings is 2. The average Bonchev–Trinajstić information content (AvgIpc) is 2.55. The Kier molecular flexibility index (Phi) is 3.84. The van der Waals surface area contributed by atoms with Gasteiger partial charge < -0.3 is 10.1 Å². The Balaban J connectivity index is 2.03. The summed E-state index contributed by atoms with van der Waals surface area (Å²) in [5, 5.41) is 4.33. The zero-order chi connectivity index (χ0) is 14.7. The van der Waals surface area contributed by atoms with Crippen LogP contribution < -0.4 is 10.1 Å². The fourth-order valence-corrected chi connectivity index (χ4v) is 2.36. The molecule has 0 spiro atoms. The lowest BCUT2D eigenvalue weighted by Gasteiger charge is -2.16. The summed E-state index contributed by atoms with van der Waals surface area (Å²) < 4.78 is 6.14. The van der Waals surface area contributed by atoms with Crippen molar-refractivity contribution in [3.8, 4) is 11.5 Å². The van der Waals surface area contributed by atoms with Crippen LogP contribution in [0, 0.1) is 0 Å². The van der Waals surface area contributed by atoms with E-state index in [1.807, 2.05) is 55.6 Å². The number of pyridine rings is 1. The molecule has 1 aromatic heterocycles. The van der Waals surface area contributed by atoms with Gasteiger partial charge in [0, 0.05) is 23.2 Å². The summed E-state index contributed by atoms with van der Waals surface area (Å²) in [5.41, 5.74) is 2.01. The maximum Gasteiger partial charge on any atom is 0.153 e. The smallest absolute Gasteiger partial charge is 0.153 e. The molecule has 106 valence electrons. The van der Waals surface area contributed by atoms with Gasteiger partial charge in [-0.2, -0.15) is 0 Å². The quantitative estimate of drug-likeness (QED) is 0.772. The molecule has 0 aliphatic carbocycles. The van der Waals surface area contributed by atoms with Crippen molar-refractivity contribution < 1.29 is 4.74 Å². The number of fused-ring (bicyclic) bond motifs is 1. The molecule has 0 bridgehead atoms. The zero-order valence-electron chi connectivity index (χ0n) is 12.2. The molecule has 21 heavy (non-hydrogen) atoms. The first-order valence-electron chi connectivity index (χ1n) is 7.07. The molecule has 3 aromatic rings. The Morgan fingerprint density at radius 1 is 0.952 bits per heavy atom. The van der Waals surface area contributed by atoms with Crippen LogP contribution in [-0.4, -0.2) is 12.0 Å². The highest BCUT2D eigenvalue weighted by Gasteiger charge is 2.11. The third-order valence-corrected chi connectivity index (χ3v) is 3.63. The minimum absolute atomic E-state index is 0.226. The van der Waals surface area contributed by atoms with Crippen molar-refractivity contribution in [1.29, 1.82) is 0 Å². The van der Waals surface area contributed by atoms with Crippen LogP contribution in [-0.2, 0) is 0 Å². The van der Waals surface area contributed by atoms with Crippen molar-refractivity contribution >= 4 is 10.9 Å². The SMILES string of the molecule is CNC(C)c1ccccc1Oc1cccc2cccnc12. The average molecular weight is 278 g/mol. The number of rotatable bonds is 4. The van der Waals surface area contributed by atoms with Gasteiger partial charge in [-0.1, -0.05) is 36.4 Å². The van der Waals surface area contributed by atoms with Gasteiger partial charge in [-0.3, -0.25) is 4.98 Å². The normalized spacial score (nSPS) is 12.3. The van der Waals surface area contributed by atoms with Gasteiger partial charge in [0.25, 0.3) is 0 Å². The largest absolute Gasteiger partial charge is 0.455 e. The molecule has 3 nitrogen and oxygen atoms in total. The van der Waals surface area contributed by atoms with E-state index in [9.17, 15) is 0 Å². The van der Waals surface area contributed by atoms with Gasteiger partial charge in [0.05, 0.1) is 0 Å². The summed E-state index contributed by atoms with van der Waals surface area (Å²) in [4.78, 5) is 4.43. The Bertz CT molecular complexity index is 750. The lowest BCUT2D eigenvalue weighted by Crippen LogP contribution is -2.13. The maximum atomic E-state index is 6.14. The van der Waals surface area contributed by atoms with Crippen molar-refractivity contribution in [2.24, 2.45) is 0 Å². The number of para-hydroxylation sites is 2. The van der Waals surface area contributed by atoms with Gasteiger partial charge in [0.2, 0.25) is 0 Å². The summed E-state index contributed by atoms with van der Waals surface area (Å²) >= 11 is 0. The van der Waals surface area contributed by atoms with Crippen LogP contribution in [0.1, 0.15) is 18.5 Å². The second kappa shape index (κ2) is 5.94. The first-order chi connectivity index (χ1) is 10.3. The van der Waals surface area contributed by atoms with E-state index in [4.69, 9.17) is 4.74 Å². The van der Waals surface area contributed by atoms with Crippen molar-refractivity contribution in [3.63, 3.8) is 0 Å². The molecule has 0 saturated carbocycles. The topological polar surface area (TPSA) is 34.1 Å². The number of hydrogen-bond acceptors (Lipinski definition) is 3. The standard InChI is InChI=1S/C18H18N2O/c1-13(19-2)15-9-3-4-10-16(15)21-17-11-5-7-14-8-6-12-20-18(14)17/h3-13,19H,1-2H3. The minimum Gasteiger partial charge on any atom is -0.455 e. The van der Waals surface area contributed by atoms with Gasteiger partial charge in [0.15, 0.2) is 5.75 Å². The molecule has 1 N–H and O–H groups in total. The molecule has 1 heterocycles. The number of nitrogens with one attached hydrogen (secondary N) is 1. The van der Waals surface area contributed by atoms with Gasteiger partial charge in [-0.05, 0) is 32.2 Å². The molecule has 3 heteroatoms. The Morgan fingerprint density at radius 3 is 2.57 bits per heavy atom.